The molecule has 1 aromatic heterocycles. The molecule has 0 saturated heterocycles. The molecule has 1 aromatic carbocycles. The van der Waals surface area contributed by atoms with Crippen LogP contribution >= 0.6 is 11.6 Å². The van der Waals surface area contributed by atoms with Crippen molar-refractivity contribution in [2.45, 2.75) is 12.4 Å². The SMILES string of the molecule is CN(Cc1nccn1C)c1c(F)cc(CCl)cc1F. The number of imidazole rings is 1. The predicted molar refractivity (Wildman–Crippen MR) is 71.2 cm³/mol. The third-order valence-corrected chi connectivity index (χ3v) is 3.22. The fraction of sp³-hybridized carbons (Fsp3) is 0.308. The molecule has 0 aliphatic carbocycles. The lowest BCUT2D eigenvalue weighted by Crippen LogP contribution is -2.21. The molecule has 3 nitrogen and oxygen atoms in total. The lowest BCUT2D eigenvalue weighted by Gasteiger charge is -2.20. The van der Waals surface area contributed by atoms with E-state index in [2.05, 4.69) is 4.98 Å². The highest BCUT2D eigenvalue weighted by molar-refractivity contribution is 6.17. The molecule has 2 aromatic rings. The summed E-state index contributed by atoms with van der Waals surface area (Å²) in [5.41, 5.74) is 0.350. The fourth-order valence-corrected chi connectivity index (χ4v) is 2.05. The number of halogens is 3. The van der Waals surface area contributed by atoms with E-state index in [1.54, 1.807) is 24.0 Å². The quantitative estimate of drug-likeness (QED) is 0.805. The minimum absolute atomic E-state index is 0.0723. The average Bonchev–Trinajstić information content (AvgIpc) is 2.74. The molecule has 0 aliphatic rings. The number of nitrogens with zero attached hydrogens (tertiary/aromatic N) is 3. The van der Waals surface area contributed by atoms with Crippen LogP contribution in [0.15, 0.2) is 24.5 Å². The van der Waals surface area contributed by atoms with Crippen LogP contribution in [0.2, 0.25) is 0 Å². The molecule has 19 heavy (non-hydrogen) atoms. The van der Waals surface area contributed by atoms with Gasteiger partial charge in [-0.2, -0.15) is 0 Å². The van der Waals surface area contributed by atoms with E-state index in [0.29, 0.717) is 12.1 Å². The number of alkyl halides is 1. The van der Waals surface area contributed by atoms with E-state index in [1.807, 2.05) is 7.05 Å². The van der Waals surface area contributed by atoms with Crippen molar-refractivity contribution in [3.63, 3.8) is 0 Å². The van der Waals surface area contributed by atoms with Gasteiger partial charge >= 0.3 is 0 Å². The van der Waals surface area contributed by atoms with Crippen LogP contribution in [0.1, 0.15) is 11.4 Å². The lowest BCUT2D eigenvalue weighted by atomic mass is 10.2. The van der Waals surface area contributed by atoms with Gasteiger partial charge in [-0.05, 0) is 17.7 Å². The fourth-order valence-electron chi connectivity index (χ4n) is 1.90. The van der Waals surface area contributed by atoms with E-state index >= 15 is 0 Å². The van der Waals surface area contributed by atoms with Gasteiger partial charge in [0, 0.05) is 32.4 Å². The molecule has 6 heteroatoms. The van der Waals surface area contributed by atoms with E-state index in [4.69, 9.17) is 11.6 Å². The maximum absolute atomic E-state index is 13.9. The average molecular weight is 286 g/mol. The lowest BCUT2D eigenvalue weighted by molar-refractivity contribution is 0.572. The summed E-state index contributed by atoms with van der Waals surface area (Å²) < 4.78 is 29.6. The van der Waals surface area contributed by atoms with Gasteiger partial charge in [0.2, 0.25) is 0 Å². The number of benzene rings is 1. The Labute approximate surface area is 115 Å². The molecule has 0 aliphatic heterocycles. The van der Waals surface area contributed by atoms with Gasteiger partial charge < -0.3 is 9.47 Å². The molecule has 0 spiro atoms. The molecule has 0 N–H and O–H groups in total. The summed E-state index contributed by atoms with van der Waals surface area (Å²) in [6, 6.07) is 2.50. The van der Waals surface area contributed by atoms with Crippen molar-refractivity contribution in [1.29, 1.82) is 0 Å². The van der Waals surface area contributed by atoms with Crippen molar-refractivity contribution in [2.75, 3.05) is 11.9 Å². The third kappa shape index (κ3) is 2.87. The first-order valence-electron chi connectivity index (χ1n) is 5.74. The Balaban J connectivity index is 2.29. The van der Waals surface area contributed by atoms with Crippen LogP contribution in [0, 0.1) is 11.6 Å². The van der Waals surface area contributed by atoms with Crippen molar-refractivity contribution < 1.29 is 8.78 Å². The highest BCUT2D eigenvalue weighted by Gasteiger charge is 2.16. The summed E-state index contributed by atoms with van der Waals surface area (Å²) in [5, 5.41) is 0. The van der Waals surface area contributed by atoms with Crippen molar-refractivity contribution in [3.05, 3.63) is 47.5 Å². The number of hydrogen-bond acceptors (Lipinski definition) is 2. The molecule has 0 fully saturated rings. The Kier molecular flexibility index (Phi) is 4.04. The van der Waals surface area contributed by atoms with Gasteiger partial charge in [0.05, 0.1) is 6.54 Å². The van der Waals surface area contributed by atoms with Gasteiger partial charge in [0.1, 0.15) is 23.1 Å². The first-order chi connectivity index (χ1) is 9.02. The van der Waals surface area contributed by atoms with Crippen LogP contribution in [-0.2, 0) is 19.5 Å². The van der Waals surface area contributed by atoms with E-state index in [1.165, 1.54) is 17.0 Å². The summed E-state index contributed by atoms with van der Waals surface area (Å²) in [5.74, 6) is -0.431. The van der Waals surface area contributed by atoms with E-state index in [0.717, 1.165) is 5.82 Å². The van der Waals surface area contributed by atoms with Crippen molar-refractivity contribution in [1.82, 2.24) is 9.55 Å². The van der Waals surface area contributed by atoms with Crippen LogP contribution in [0.5, 0.6) is 0 Å². The van der Waals surface area contributed by atoms with E-state index in [9.17, 15) is 8.78 Å². The summed E-state index contributed by atoms with van der Waals surface area (Å²) in [4.78, 5) is 5.62. The molecular weight excluding hydrogens is 272 g/mol. The number of anilines is 1. The number of rotatable bonds is 4. The Morgan fingerprint density at radius 1 is 1.32 bits per heavy atom. The summed E-state index contributed by atoms with van der Waals surface area (Å²) >= 11 is 5.58. The first-order valence-corrected chi connectivity index (χ1v) is 6.27. The normalized spacial score (nSPS) is 10.8. The van der Waals surface area contributed by atoms with E-state index in [-0.39, 0.29) is 11.6 Å². The summed E-state index contributed by atoms with van der Waals surface area (Å²) in [6.07, 6.45) is 3.43. The molecule has 0 saturated carbocycles. The molecule has 102 valence electrons. The van der Waals surface area contributed by atoms with Gasteiger partial charge in [-0.1, -0.05) is 0 Å². The van der Waals surface area contributed by atoms with Gasteiger partial charge in [0.15, 0.2) is 0 Å². The zero-order chi connectivity index (χ0) is 14.0. The minimum Gasteiger partial charge on any atom is -0.362 e. The number of hydrogen-bond donors (Lipinski definition) is 0. The van der Waals surface area contributed by atoms with Crippen molar-refractivity contribution in [2.24, 2.45) is 7.05 Å². The van der Waals surface area contributed by atoms with Crippen LogP contribution in [0.25, 0.3) is 0 Å². The third-order valence-electron chi connectivity index (χ3n) is 2.91. The molecule has 1 heterocycles. The van der Waals surface area contributed by atoms with Crippen LogP contribution in [-0.4, -0.2) is 16.6 Å². The van der Waals surface area contributed by atoms with E-state index < -0.39 is 11.6 Å². The molecule has 0 bridgehead atoms. The minimum atomic E-state index is -0.618. The number of aromatic nitrogens is 2. The largest absolute Gasteiger partial charge is 0.362 e. The second-order valence-electron chi connectivity index (χ2n) is 4.35. The predicted octanol–water partition coefficient (Wildman–Crippen LogP) is 3.07. The maximum atomic E-state index is 13.9. The molecule has 0 atom stereocenters. The highest BCUT2D eigenvalue weighted by atomic mass is 35.5. The Hall–Kier alpha value is -1.62. The summed E-state index contributed by atoms with van der Waals surface area (Å²) in [6.45, 7) is 0.317. The maximum Gasteiger partial charge on any atom is 0.149 e. The molecule has 0 amide bonds. The van der Waals surface area contributed by atoms with Crippen LogP contribution in [0.4, 0.5) is 14.5 Å². The van der Waals surface area contributed by atoms with Crippen molar-refractivity contribution in [3.8, 4) is 0 Å². The first kappa shape index (κ1) is 13.8. The van der Waals surface area contributed by atoms with Gasteiger partial charge in [-0.15, -0.1) is 11.6 Å². The van der Waals surface area contributed by atoms with Gasteiger partial charge in [0.25, 0.3) is 0 Å². The topological polar surface area (TPSA) is 21.1 Å². The van der Waals surface area contributed by atoms with Crippen molar-refractivity contribution >= 4 is 17.3 Å². The highest BCUT2D eigenvalue weighted by Crippen LogP contribution is 2.25. The van der Waals surface area contributed by atoms with Gasteiger partial charge in [-0.25, -0.2) is 13.8 Å². The van der Waals surface area contributed by atoms with Crippen LogP contribution < -0.4 is 4.90 Å². The Bertz CT molecular complexity index is 560. The molecular formula is C13H14ClF2N3. The Morgan fingerprint density at radius 3 is 2.42 bits per heavy atom. The summed E-state index contributed by atoms with van der Waals surface area (Å²) in [7, 11) is 3.45. The standard InChI is InChI=1S/C13H14ClF2N3/c1-18-4-3-17-12(18)8-19(2)13-10(15)5-9(7-14)6-11(13)16/h3-6H,7-8H2,1-2H3. The monoisotopic (exact) mass is 285 g/mol. The smallest absolute Gasteiger partial charge is 0.149 e. The Morgan fingerprint density at radius 2 is 1.95 bits per heavy atom. The molecule has 2 rings (SSSR count). The second-order valence-corrected chi connectivity index (χ2v) is 4.62. The molecule has 0 radical (unpaired) electrons. The van der Waals surface area contributed by atoms with Crippen LogP contribution in [0.3, 0.4) is 0 Å². The zero-order valence-electron chi connectivity index (χ0n) is 10.7. The van der Waals surface area contributed by atoms with Gasteiger partial charge in [-0.3, -0.25) is 0 Å². The number of aryl methyl sites for hydroxylation is 1. The molecule has 0 unspecified atom stereocenters. The second kappa shape index (κ2) is 5.57. The zero-order valence-corrected chi connectivity index (χ0v) is 11.5.